The molecule has 0 spiro atoms. The van der Waals surface area contributed by atoms with Gasteiger partial charge < -0.3 is 15.4 Å². The molecule has 5 nitrogen and oxygen atoms in total. The summed E-state index contributed by atoms with van der Waals surface area (Å²) in [6, 6.07) is 9.36. The molecule has 154 valence electrons. The second-order valence-electron chi connectivity index (χ2n) is 6.95. The van der Waals surface area contributed by atoms with Gasteiger partial charge in [-0.1, -0.05) is 29.8 Å². The maximum Gasteiger partial charge on any atom is 0.191 e. The fraction of sp³-hybridized carbons (Fsp3) is 0.667. The van der Waals surface area contributed by atoms with Crippen LogP contribution in [0.5, 0.6) is 0 Å². The van der Waals surface area contributed by atoms with Gasteiger partial charge in [0, 0.05) is 33.4 Å². The molecule has 1 atom stereocenters. The number of ether oxygens (including phenoxy) is 1. The highest BCUT2D eigenvalue weighted by Gasteiger charge is 2.23. The molecule has 27 heavy (non-hydrogen) atoms. The molecule has 0 bridgehead atoms. The molecule has 1 heterocycles. The number of benzene rings is 1. The summed E-state index contributed by atoms with van der Waals surface area (Å²) in [7, 11) is 1.84. The Balaban J connectivity index is 0.00000364. The van der Waals surface area contributed by atoms with E-state index in [2.05, 4.69) is 51.7 Å². The smallest absolute Gasteiger partial charge is 0.191 e. The molecule has 1 unspecified atom stereocenters. The van der Waals surface area contributed by atoms with Crippen LogP contribution in [0.15, 0.2) is 29.3 Å². The molecule has 1 aliphatic heterocycles. The molecule has 1 aromatic carbocycles. The van der Waals surface area contributed by atoms with Crippen molar-refractivity contribution in [2.75, 3.05) is 46.4 Å². The molecular formula is C21H37IN4O. The van der Waals surface area contributed by atoms with Crippen molar-refractivity contribution in [3.63, 3.8) is 0 Å². The van der Waals surface area contributed by atoms with Crippen molar-refractivity contribution >= 4 is 29.9 Å². The molecule has 1 aliphatic rings. The summed E-state index contributed by atoms with van der Waals surface area (Å²) in [5.41, 5.74) is 2.70. The molecule has 0 aliphatic carbocycles. The van der Waals surface area contributed by atoms with E-state index in [4.69, 9.17) is 4.74 Å². The first-order valence-corrected chi connectivity index (χ1v) is 10.1. The zero-order chi connectivity index (χ0) is 18.6. The van der Waals surface area contributed by atoms with Crippen molar-refractivity contribution in [1.29, 1.82) is 0 Å². The fourth-order valence-corrected chi connectivity index (χ4v) is 3.39. The van der Waals surface area contributed by atoms with Gasteiger partial charge in [-0.15, -0.1) is 24.0 Å². The van der Waals surface area contributed by atoms with Gasteiger partial charge in [-0.05, 0) is 58.2 Å². The number of aryl methyl sites for hydroxylation is 1. The summed E-state index contributed by atoms with van der Waals surface area (Å²) in [4.78, 5) is 6.96. The van der Waals surface area contributed by atoms with Crippen LogP contribution in [0.2, 0.25) is 0 Å². The predicted molar refractivity (Wildman–Crippen MR) is 125 cm³/mol. The summed E-state index contributed by atoms with van der Waals surface area (Å²) in [5.74, 6) is 0.887. The number of aliphatic imine (C=N–C) groups is 1. The van der Waals surface area contributed by atoms with E-state index in [9.17, 15) is 0 Å². The lowest BCUT2D eigenvalue weighted by Gasteiger charge is -2.29. The van der Waals surface area contributed by atoms with Gasteiger partial charge in [-0.3, -0.25) is 9.89 Å². The number of halogens is 1. The standard InChI is InChI=1S/C21H36N4O.HI/c1-4-26-16-8-5-13-23-21(22-3)24-17-20(25-14-6-7-15-25)19-11-9-18(2)10-12-19;/h9-12,20H,4-8,13-17H2,1-3H3,(H2,22,23,24);1H. The van der Waals surface area contributed by atoms with E-state index in [1.807, 2.05) is 14.0 Å². The Bertz CT molecular complexity index is 529. The van der Waals surface area contributed by atoms with Crippen molar-refractivity contribution in [3.8, 4) is 0 Å². The highest BCUT2D eigenvalue weighted by atomic mass is 127. The lowest BCUT2D eigenvalue weighted by atomic mass is 10.0. The van der Waals surface area contributed by atoms with Crippen molar-refractivity contribution < 1.29 is 4.74 Å². The van der Waals surface area contributed by atoms with Crippen LogP contribution >= 0.6 is 24.0 Å². The van der Waals surface area contributed by atoms with Crippen molar-refractivity contribution in [2.45, 2.75) is 45.6 Å². The molecule has 0 amide bonds. The third-order valence-corrected chi connectivity index (χ3v) is 4.94. The Hall–Kier alpha value is -0.860. The van der Waals surface area contributed by atoms with E-state index in [0.717, 1.165) is 45.1 Å². The monoisotopic (exact) mass is 488 g/mol. The van der Waals surface area contributed by atoms with E-state index in [0.29, 0.717) is 6.04 Å². The summed E-state index contributed by atoms with van der Waals surface area (Å²) < 4.78 is 5.38. The highest BCUT2D eigenvalue weighted by molar-refractivity contribution is 14.0. The third-order valence-electron chi connectivity index (χ3n) is 4.94. The van der Waals surface area contributed by atoms with Crippen LogP contribution in [0.3, 0.4) is 0 Å². The predicted octanol–water partition coefficient (Wildman–Crippen LogP) is 3.73. The minimum absolute atomic E-state index is 0. The van der Waals surface area contributed by atoms with Crippen LogP contribution in [-0.4, -0.2) is 57.3 Å². The second-order valence-corrected chi connectivity index (χ2v) is 6.95. The van der Waals surface area contributed by atoms with Crippen LogP contribution < -0.4 is 10.6 Å². The molecule has 0 saturated carbocycles. The zero-order valence-electron chi connectivity index (χ0n) is 17.2. The van der Waals surface area contributed by atoms with E-state index in [1.54, 1.807) is 0 Å². The molecule has 0 radical (unpaired) electrons. The maximum atomic E-state index is 5.38. The van der Waals surface area contributed by atoms with E-state index in [1.165, 1.54) is 37.1 Å². The number of nitrogens with one attached hydrogen (secondary N) is 2. The molecule has 2 rings (SSSR count). The van der Waals surface area contributed by atoms with Crippen LogP contribution in [0, 0.1) is 6.92 Å². The first-order valence-electron chi connectivity index (χ1n) is 10.1. The molecule has 2 N–H and O–H groups in total. The van der Waals surface area contributed by atoms with Crippen molar-refractivity contribution in [2.24, 2.45) is 4.99 Å². The summed E-state index contributed by atoms with van der Waals surface area (Å²) in [5, 5.41) is 6.95. The fourth-order valence-electron chi connectivity index (χ4n) is 3.39. The van der Waals surface area contributed by atoms with Gasteiger partial charge in [0.1, 0.15) is 0 Å². The van der Waals surface area contributed by atoms with Crippen molar-refractivity contribution in [1.82, 2.24) is 15.5 Å². The van der Waals surface area contributed by atoms with E-state index >= 15 is 0 Å². The average Bonchev–Trinajstić information content (AvgIpc) is 3.18. The number of nitrogens with zero attached hydrogens (tertiary/aromatic N) is 2. The number of hydrogen-bond donors (Lipinski definition) is 2. The second kappa shape index (κ2) is 14.2. The largest absolute Gasteiger partial charge is 0.382 e. The Kier molecular flexibility index (Phi) is 12.7. The maximum absolute atomic E-state index is 5.38. The number of unbranched alkanes of at least 4 members (excludes halogenated alkanes) is 1. The minimum atomic E-state index is 0. The SMILES string of the molecule is CCOCCCCNC(=NC)NCC(c1ccc(C)cc1)N1CCCC1.I. The first-order chi connectivity index (χ1) is 12.7. The van der Waals surface area contributed by atoms with E-state index < -0.39 is 0 Å². The number of likely N-dealkylation sites (tertiary alicyclic amines) is 1. The topological polar surface area (TPSA) is 48.9 Å². The summed E-state index contributed by atoms with van der Waals surface area (Å²) >= 11 is 0. The Morgan fingerprint density at radius 3 is 2.48 bits per heavy atom. The van der Waals surface area contributed by atoms with Gasteiger partial charge in [-0.25, -0.2) is 0 Å². The lowest BCUT2D eigenvalue weighted by molar-refractivity contribution is 0.143. The van der Waals surface area contributed by atoms with Gasteiger partial charge >= 0.3 is 0 Å². The Morgan fingerprint density at radius 1 is 1.15 bits per heavy atom. The van der Waals surface area contributed by atoms with Crippen LogP contribution in [0.25, 0.3) is 0 Å². The lowest BCUT2D eigenvalue weighted by Crippen LogP contribution is -2.43. The number of guanidine groups is 1. The Morgan fingerprint density at radius 2 is 1.85 bits per heavy atom. The molecular weight excluding hydrogens is 451 g/mol. The highest BCUT2D eigenvalue weighted by Crippen LogP contribution is 2.24. The van der Waals surface area contributed by atoms with Crippen molar-refractivity contribution in [3.05, 3.63) is 35.4 Å². The van der Waals surface area contributed by atoms with Crippen LogP contribution in [0.4, 0.5) is 0 Å². The normalized spacial score (nSPS) is 16.0. The summed E-state index contributed by atoms with van der Waals surface area (Å²) in [6.07, 6.45) is 4.77. The van der Waals surface area contributed by atoms with E-state index in [-0.39, 0.29) is 24.0 Å². The molecule has 1 fully saturated rings. The third kappa shape index (κ3) is 8.79. The molecule has 1 aromatic rings. The quantitative estimate of drug-likeness (QED) is 0.228. The van der Waals surface area contributed by atoms with Gasteiger partial charge in [0.2, 0.25) is 0 Å². The average molecular weight is 488 g/mol. The number of rotatable bonds is 10. The van der Waals surface area contributed by atoms with Crippen LogP contribution in [-0.2, 0) is 4.74 Å². The molecule has 1 saturated heterocycles. The molecule has 6 heteroatoms. The molecule has 0 aromatic heterocycles. The van der Waals surface area contributed by atoms with Gasteiger partial charge in [0.25, 0.3) is 0 Å². The van der Waals surface area contributed by atoms with Gasteiger partial charge in [0.05, 0.1) is 6.04 Å². The zero-order valence-corrected chi connectivity index (χ0v) is 19.5. The van der Waals surface area contributed by atoms with Gasteiger partial charge in [-0.2, -0.15) is 0 Å². The first kappa shape index (κ1) is 24.2. The minimum Gasteiger partial charge on any atom is -0.382 e. The number of hydrogen-bond acceptors (Lipinski definition) is 3. The van der Waals surface area contributed by atoms with Crippen LogP contribution in [0.1, 0.15) is 49.8 Å². The Labute approximate surface area is 182 Å². The van der Waals surface area contributed by atoms with Gasteiger partial charge in [0.15, 0.2) is 5.96 Å². The summed E-state index contributed by atoms with van der Waals surface area (Å²) in [6.45, 7) is 9.99.